The van der Waals surface area contributed by atoms with Gasteiger partial charge < -0.3 is 29.4 Å². The van der Waals surface area contributed by atoms with Crippen molar-refractivity contribution in [2.45, 2.75) is 58.8 Å². The molecular weight excluding hydrogens is 424 g/mol. The fourth-order valence-electron chi connectivity index (χ4n) is 4.10. The minimum atomic E-state index is -0.0711. The number of nitrogens with one attached hydrogen (secondary N) is 2. The predicted molar refractivity (Wildman–Crippen MR) is 127 cm³/mol. The Morgan fingerprint density at radius 1 is 1.21 bits per heavy atom. The van der Waals surface area contributed by atoms with Crippen LogP contribution in [0, 0.1) is 5.92 Å². The summed E-state index contributed by atoms with van der Waals surface area (Å²) < 4.78 is 16.0. The van der Waals surface area contributed by atoms with E-state index >= 15 is 0 Å². The molecule has 1 saturated heterocycles. The molecule has 0 amide bonds. The number of esters is 1. The van der Waals surface area contributed by atoms with Gasteiger partial charge in [-0.3, -0.25) is 4.79 Å². The van der Waals surface area contributed by atoms with Gasteiger partial charge in [-0.15, -0.1) is 0 Å². The Balaban J connectivity index is 1.47. The Morgan fingerprint density at radius 2 is 2.09 bits per heavy atom. The van der Waals surface area contributed by atoms with Crippen LogP contribution in [0.4, 0.5) is 5.82 Å². The number of methoxy groups -OCH3 is 1. The molecule has 184 valence electrons. The number of carbonyl (C=O) groups excluding carboxylic acids is 1. The van der Waals surface area contributed by atoms with Gasteiger partial charge in [-0.05, 0) is 58.0 Å². The molecule has 0 radical (unpaired) electrons. The van der Waals surface area contributed by atoms with Crippen LogP contribution in [0.25, 0.3) is 11.2 Å². The minimum Gasteiger partial charge on any atom is -0.468 e. The summed E-state index contributed by atoms with van der Waals surface area (Å²) in [7, 11) is 1.56. The van der Waals surface area contributed by atoms with Crippen LogP contribution in [0.2, 0.25) is 0 Å². The highest BCUT2D eigenvalue weighted by atomic mass is 16.5. The van der Waals surface area contributed by atoms with Gasteiger partial charge in [-0.2, -0.15) is 15.0 Å². The van der Waals surface area contributed by atoms with Gasteiger partial charge in [0.15, 0.2) is 11.5 Å². The third-order valence-corrected chi connectivity index (χ3v) is 5.79. The summed E-state index contributed by atoms with van der Waals surface area (Å²) in [5, 5.41) is 3.40. The molecule has 2 N–H and O–H groups in total. The maximum atomic E-state index is 11.8. The lowest BCUT2D eigenvalue weighted by Crippen LogP contribution is -2.37. The molecule has 0 bridgehead atoms. The number of likely N-dealkylation sites (tertiary alicyclic amines) is 1. The quantitative estimate of drug-likeness (QED) is 0.322. The maximum Gasteiger partial charge on any atom is 0.320 e. The van der Waals surface area contributed by atoms with Crippen LogP contribution in [0.5, 0.6) is 12.0 Å². The van der Waals surface area contributed by atoms with E-state index in [2.05, 4.69) is 37.1 Å². The molecule has 0 aliphatic carbocycles. The van der Waals surface area contributed by atoms with Gasteiger partial charge in [0.2, 0.25) is 0 Å². The number of hydrogen-bond acceptors (Lipinski definition) is 9. The molecule has 0 aromatic carbocycles. The van der Waals surface area contributed by atoms with Crippen LogP contribution < -0.4 is 14.8 Å². The van der Waals surface area contributed by atoms with E-state index in [1.165, 1.54) is 0 Å². The van der Waals surface area contributed by atoms with Crippen molar-refractivity contribution in [1.29, 1.82) is 0 Å². The molecule has 1 aliphatic heterocycles. The van der Waals surface area contributed by atoms with Crippen molar-refractivity contribution in [3.8, 4) is 12.0 Å². The number of carbonyl (C=O) groups is 1. The molecule has 1 atom stereocenters. The highest BCUT2D eigenvalue weighted by molar-refractivity contribution is 5.83. The van der Waals surface area contributed by atoms with E-state index in [1.54, 1.807) is 7.11 Å². The molecule has 10 nitrogen and oxygen atoms in total. The molecule has 1 fully saturated rings. The van der Waals surface area contributed by atoms with Gasteiger partial charge in [0.25, 0.3) is 6.01 Å². The SMILES string of the molecule is CCCCOc1nc(NCCCCN2CCCC(CC(=O)OCC)C2)c2[nH]c(OC)nc2n1. The predicted octanol–water partition coefficient (Wildman–Crippen LogP) is 3.40. The molecule has 0 saturated carbocycles. The highest BCUT2D eigenvalue weighted by Crippen LogP contribution is 2.24. The average molecular weight is 463 g/mol. The van der Waals surface area contributed by atoms with E-state index in [4.69, 9.17) is 14.2 Å². The number of rotatable bonds is 14. The summed E-state index contributed by atoms with van der Waals surface area (Å²) in [5.74, 6) is 1.01. The number of nitrogens with zero attached hydrogens (tertiary/aromatic N) is 4. The summed E-state index contributed by atoms with van der Waals surface area (Å²) in [5.41, 5.74) is 1.24. The number of unbranched alkanes of at least 4 members (excludes halogenated alkanes) is 2. The summed E-state index contributed by atoms with van der Waals surface area (Å²) >= 11 is 0. The van der Waals surface area contributed by atoms with Crippen molar-refractivity contribution >= 4 is 23.0 Å². The molecule has 33 heavy (non-hydrogen) atoms. The largest absolute Gasteiger partial charge is 0.468 e. The number of aromatic amines is 1. The van der Waals surface area contributed by atoms with Gasteiger partial charge in [0.1, 0.15) is 5.52 Å². The van der Waals surface area contributed by atoms with Crippen molar-refractivity contribution in [3.05, 3.63) is 0 Å². The van der Waals surface area contributed by atoms with Crippen molar-refractivity contribution in [2.75, 3.05) is 51.8 Å². The molecule has 10 heteroatoms. The molecule has 2 aromatic heterocycles. The molecule has 1 unspecified atom stereocenters. The summed E-state index contributed by atoms with van der Waals surface area (Å²) in [4.78, 5) is 30.6. The summed E-state index contributed by atoms with van der Waals surface area (Å²) in [6.07, 6.45) is 6.85. The first-order valence-corrected chi connectivity index (χ1v) is 12.2. The molecule has 1 aliphatic rings. The van der Waals surface area contributed by atoms with E-state index in [9.17, 15) is 4.79 Å². The van der Waals surface area contributed by atoms with Crippen LogP contribution in [0.1, 0.15) is 58.8 Å². The maximum absolute atomic E-state index is 11.8. The van der Waals surface area contributed by atoms with Gasteiger partial charge in [0, 0.05) is 19.5 Å². The van der Waals surface area contributed by atoms with E-state index in [-0.39, 0.29) is 5.97 Å². The van der Waals surface area contributed by atoms with Crippen LogP contribution in [0.3, 0.4) is 0 Å². The van der Waals surface area contributed by atoms with E-state index in [0.717, 1.165) is 64.7 Å². The Kier molecular flexibility index (Phi) is 9.99. The van der Waals surface area contributed by atoms with Crippen LogP contribution in [0.15, 0.2) is 0 Å². The lowest BCUT2D eigenvalue weighted by atomic mass is 9.94. The Labute approximate surface area is 195 Å². The first-order chi connectivity index (χ1) is 16.1. The highest BCUT2D eigenvalue weighted by Gasteiger charge is 2.22. The second-order valence-electron chi connectivity index (χ2n) is 8.45. The first-order valence-electron chi connectivity index (χ1n) is 12.2. The van der Waals surface area contributed by atoms with E-state index in [0.29, 0.717) is 54.6 Å². The first kappa shape index (κ1) is 25.0. The molecule has 3 rings (SSSR count). The summed E-state index contributed by atoms with van der Waals surface area (Å²) in [6, 6.07) is 0.726. The number of aromatic nitrogens is 4. The molecule has 2 aromatic rings. The molecule has 0 spiro atoms. The van der Waals surface area contributed by atoms with Gasteiger partial charge in [0.05, 0.1) is 20.3 Å². The van der Waals surface area contributed by atoms with Gasteiger partial charge >= 0.3 is 12.0 Å². The average Bonchev–Trinajstić information content (AvgIpc) is 3.23. The Hall–Kier alpha value is -2.62. The van der Waals surface area contributed by atoms with Crippen LogP contribution in [-0.2, 0) is 9.53 Å². The normalized spacial score (nSPS) is 16.6. The number of H-pyrrole nitrogens is 1. The third-order valence-electron chi connectivity index (χ3n) is 5.79. The van der Waals surface area contributed by atoms with E-state index in [1.807, 2.05) is 6.92 Å². The lowest BCUT2D eigenvalue weighted by molar-refractivity contribution is -0.144. The zero-order chi connectivity index (χ0) is 23.5. The number of hydrogen-bond donors (Lipinski definition) is 2. The van der Waals surface area contributed by atoms with Gasteiger partial charge in [-0.1, -0.05) is 13.3 Å². The monoisotopic (exact) mass is 462 g/mol. The van der Waals surface area contributed by atoms with E-state index < -0.39 is 0 Å². The van der Waals surface area contributed by atoms with Crippen molar-refractivity contribution in [2.24, 2.45) is 5.92 Å². The second-order valence-corrected chi connectivity index (χ2v) is 8.45. The lowest BCUT2D eigenvalue weighted by Gasteiger charge is -2.32. The smallest absolute Gasteiger partial charge is 0.320 e. The zero-order valence-corrected chi connectivity index (χ0v) is 20.2. The van der Waals surface area contributed by atoms with Gasteiger partial charge in [-0.25, -0.2) is 0 Å². The fourth-order valence-corrected chi connectivity index (χ4v) is 4.10. The third kappa shape index (κ3) is 7.73. The number of fused-ring (bicyclic) bond motifs is 1. The fraction of sp³-hybridized carbons (Fsp3) is 0.739. The Bertz CT molecular complexity index is 874. The number of piperidine rings is 1. The van der Waals surface area contributed by atoms with Crippen LogP contribution >= 0.6 is 0 Å². The number of ether oxygens (including phenoxy) is 3. The van der Waals surface area contributed by atoms with Crippen molar-refractivity contribution in [1.82, 2.24) is 24.8 Å². The minimum absolute atomic E-state index is 0.0711. The number of imidazole rings is 1. The second kappa shape index (κ2) is 13.2. The zero-order valence-electron chi connectivity index (χ0n) is 20.2. The number of anilines is 1. The molecular formula is C23H38N6O4. The van der Waals surface area contributed by atoms with Crippen molar-refractivity contribution < 1.29 is 19.0 Å². The van der Waals surface area contributed by atoms with Crippen LogP contribution in [-0.4, -0.2) is 77.3 Å². The standard InChI is InChI=1S/C23H38N6O4/c1-4-6-14-33-23-26-20(19-21(28-23)27-22(25-19)31-3)24-11-7-8-12-29-13-9-10-17(16-29)15-18(30)32-5-2/h17H,4-16H2,1-3H3,(H2,24,25,26,27,28). The van der Waals surface area contributed by atoms with Crippen molar-refractivity contribution in [3.63, 3.8) is 0 Å². The topological polar surface area (TPSA) is 114 Å². The summed E-state index contributed by atoms with van der Waals surface area (Å²) in [6.45, 7) is 8.90. The Morgan fingerprint density at radius 3 is 2.88 bits per heavy atom. The molecule has 3 heterocycles.